The number of carbonyl (C=O) groups is 7. The maximum Gasteiger partial charge on any atom is 0.305 e. The van der Waals surface area contributed by atoms with Gasteiger partial charge in [-0.3, -0.25) is 44.4 Å². The monoisotopic (exact) mass is 1420 g/mol. The molecule has 0 bridgehead atoms. The van der Waals surface area contributed by atoms with Crippen LogP contribution in [0.1, 0.15) is 62.5 Å². The van der Waals surface area contributed by atoms with E-state index < -0.39 is 246 Å². The lowest BCUT2D eigenvalue weighted by molar-refractivity contribution is -0.352. The summed E-state index contributed by atoms with van der Waals surface area (Å²) in [7, 11) is 0. The van der Waals surface area contributed by atoms with Crippen molar-refractivity contribution in [1.82, 2.24) is 52.8 Å². The van der Waals surface area contributed by atoms with Gasteiger partial charge in [-0.1, -0.05) is 75.1 Å². The highest BCUT2D eigenvalue weighted by Crippen LogP contribution is 2.34. The molecule has 2 aromatic carbocycles. The van der Waals surface area contributed by atoms with Crippen LogP contribution in [0.2, 0.25) is 0 Å². The van der Waals surface area contributed by atoms with Gasteiger partial charge in [0.05, 0.1) is 38.4 Å². The van der Waals surface area contributed by atoms with Gasteiger partial charge >= 0.3 is 5.97 Å². The molecule has 6 heterocycles. The molecule has 38 nitrogen and oxygen atoms in total. The minimum absolute atomic E-state index is 0.0375. The molecule has 6 saturated heterocycles. The van der Waals surface area contributed by atoms with Gasteiger partial charge in [0.15, 0.2) is 24.4 Å². The Bertz CT molecular complexity index is 3160. The van der Waals surface area contributed by atoms with E-state index in [0.29, 0.717) is 17.9 Å². The number of esters is 1. The summed E-state index contributed by atoms with van der Waals surface area (Å²) in [5.74, 6) is -9.67. The van der Waals surface area contributed by atoms with E-state index in [4.69, 9.17) is 39.2 Å². The van der Waals surface area contributed by atoms with Crippen molar-refractivity contribution in [2.45, 2.75) is 204 Å². The fourth-order valence-electron chi connectivity index (χ4n) is 13.1. The van der Waals surface area contributed by atoms with Gasteiger partial charge in [-0.15, -0.1) is 0 Å². The normalized spacial score (nSPS) is 36.2. The highest BCUT2D eigenvalue weighted by molar-refractivity contribution is 5.98. The zero-order valence-corrected chi connectivity index (χ0v) is 54.2. The van der Waals surface area contributed by atoms with E-state index in [1.165, 1.54) is 24.3 Å². The van der Waals surface area contributed by atoms with Crippen LogP contribution >= 0.6 is 0 Å². The molecule has 38 heteroatoms. The van der Waals surface area contributed by atoms with E-state index in [0.717, 1.165) is 30.6 Å². The minimum atomic E-state index is -2.37. The fraction of sp³-hybridized carbons (Fsp3) is 0.661. The molecule has 554 valence electrons. The van der Waals surface area contributed by atoms with Crippen LogP contribution in [0.4, 0.5) is 0 Å². The van der Waals surface area contributed by atoms with Gasteiger partial charge in [0, 0.05) is 31.8 Å². The van der Waals surface area contributed by atoms with Crippen LogP contribution in [-0.4, -0.2) is 317 Å². The predicted octanol–water partition coefficient (Wildman–Crippen LogP) is -10.7. The van der Waals surface area contributed by atoms with Crippen LogP contribution in [0, 0.1) is 16.7 Å². The summed E-state index contributed by atoms with van der Waals surface area (Å²) in [6.45, 7) is -3.65. The summed E-state index contributed by atoms with van der Waals surface area (Å²) in [6.07, 6.45) is -27.6. The Morgan fingerprint density at radius 2 is 1.20 bits per heavy atom. The van der Waals surface area contributed by atoms with Gasteiger partial charge in [0.2, 0.25) is 41.7 Å². The van der Waals surface area contributed by atoms with E-state index in [1.807, 2.05) is 0 Å². The Balaban J connectivity index is 1.02. The van der Waals surface area contributed by atoms with E-state index in [2.05, 4.69) is 47.9 Å². The van der Waals surface area contributed by atoms with Crippen LogP contribution in [0.15, 0.2) is 54.6 Å². The number of benzene rings is 2. The lowest BCUT2D eigenvalue weighted by atomic mass is 9.92. The quantitative estimate of drug-likeness (QED) is 0.0516. The third-order valence-electron chi connectivity index (χ3n) is 19.0. The number of carbonyl (C=O) groups excluding carboxylic acids is 7. The number of hydrogen-bond acceptors (Lipinski definition) is 28. The molecule has 2 aromatic rings. The maximum absolute atomic E-state index is 15.2. The van der Waals surface area contributed by atoms with Crippen molar-refractivity contribution in [2.24, 2.45) is 5.92 Å². The Morgan fingerprint density at radius 1 is 0.600 bits per heavy atom. The first-order valence-corrected chi connectivity index (χ1v) is 32.9. The average Bonchev–Trinajstić information content (AvgIpc) is 1.46. The van der Waals surface area contributed by atoms with Gasteiger partial charge in [-0.25, -0.2) is 0 Å². The summed E-state index contributed by atoms with van der Waals surface area (Å²) < 4.78 is 34.8. The molecule has 100 heavy (non-hydrogen) atoms. The molecule has 25 unspecified atom stereocenters. The van der Waals surface area contributed by atoms with Gasteiger partial charge in [-0.05, 0) is 35.6 Å². The zero-order valence-electron chi connectivity index (χ0n) is 54.2. The zero-order chi connectivity index (χ0) is 72.4. The highest BCUT2D eigenvalue weighted by atomic mass is 16.7. The molecule has 9 rings (SSSR count). The lowest BCUT2D eigenvalue weighted by Crippen LogP contribution is -2.69. The first kappa shape index (κ1) is 76.6. The number of ether oxygens (including phenoxy) is 6. The second-order valence-electron chi connectivity index (χ2n) is 25.8. The SMILES string of the molecule is CC(c1ccccc1)C1NC(=O)CNC(=O)C(CO)NC(=O)C(C(O)C2CNC(=N)N2C2OC(CO)C(O)C(O)C2O)NC(=O)C(C(O)C2CNC(=N)N2)NC(=O)C(Cc2ccc(OC3OC(COC(=O)CCC4CCCC4)C(OC4OC(CO)C(O)C(O)C4O)C(O)C3O)cc2)NC1=O. The summed E-state index contributed by atoms with van der Waals surface area (Å²) in [4.78, 5) is 102. The Kier molecular flexibility index (Phi) is 26.3. The Hall–Kier alpha value is -7.61. The van der Waals surface area contributed by atoms with Crippen LogP contribution in [0.25, 0.3) is 0 Å². The van der Waals surface area contributed by atoms with E-state index in [1.54, 1.807) is 37.3 Å². The van der Waals surface area contributed by atoms with E-state index in [9.17, 15) is 90.4 Å². The first-order chi connectivity index (χ1) is 47.7. The summed E-state index contributed by atoms with van der Waals surface area (Å²) in [5.41, 5.74) is 0.693. The van der Waals surface area contributed by atoms with Crippen LogP contribution in [-0.2, 0) is 63.7 Å². The number of guanidine groups is 2. The molecule has 0 radical (unpaired) electrons. The number of nitrogens with zero attached hydrogens (tertiary/aromatic N) is 1. The number of hydrogen-bond donors (Lipinski definition) is 24. The summed E-state index contributed by atoms with van der Waals surface area (Å²) >= 11 is 0. The lowest BCUT2D eigenvalue weighted by Gasteiger charge is -2.46. The molecule has 0 aromatic heterocycles. The van der Waals surface area contributed by atoms with Crippen molar-refractivity contribution in [3.63, 3.8) is 0 Å². The van der Waals surface area contributed by atoms with Gasteiger partial charge in [-0.2, -0.15) is 0 Å². The smallest absolute Gasteiger partial charge is 0.305 e. The molecule has 7 fully saturated rings. The molecule has 0 spiro atoms. The molecule has 1 saturated carbocycles. The Labute approximate surface area is 571 Å². The molecule has 6 amide bonds. The van der Waals surface area contributed by atoms with Crippen molar-refractivity contribution in [1.29, 1.82) is 10.8 Å². The summed E-state index contributed by atoms with van der Waals surface area (Å²) in [5, 5.41) is 181. The van der Waals surface area contributed by atoms with E-state index in [-0.39, 0.29) is 30.2 Å². The largest absolute Gasteiger partial charge is 0.463 e. The predicted molar refractivity (Wildman–Crippen MR) is 337 cm³/mol. The fourth-order valence-corrected chi connectivity index (χ4v) is 13.1. The molecule has 1 aliphatic carbocycles. The second kappa shape index (κ2) is 34.4. The van der Waals surface area contributed by atoms with Gasteiger partial charge in [0.1, 0.15) is 128 Å². The van der Waals surface area contributed by atoms with Crippen molar-refractivity contribution < 1.29 is 128 Å². The number of amides is 6. The third-order valence-corrected chi connectivity index (χ3v) is 19.0. The molecular weight excluding hydrogens is 1330 g/mol. The van der Waals surface area contributed by atoms with Gasteiger partial charge in [0.25, 0.3) is 0 Å². The maximum atomic E-state index is 15.2. The topological polar surface area (TPSA) is 597 Å². The number of aliphatic hydroxyl groups is 13. The number of aliphatic hydroxyl groups excluding tert-OH is 13. The molecular formula is C62H90N12O26. The van der Waals surface area contributed by atoms with Crippen LogP contribution in [0.3, 0.4) is 0 Å². The molecule has 24 N–H and O–H groups in total. The van der Waals surface area contributed by atoms with E-state index >= 15 is 9.59 Å². The third kappa shape index (κ3) is 18.0. The highest BCUT2D eigenvalue weighted by Gasteiger charge is 2.55. The van der Waals surface area contributed by atoms with Gasteiger partial charge < -0.3 is 148 Å². The molecule has 7 aliphatic rings. The van der Waals surface area contributed by atoms with Crippen LogP contribution < -0.4 is 52.6 Å². The van der Waals surface area contributed by atoms with Crippen LogP contribution in [0.5, 0.6) is 5.75 Å². The number of rotatable bonds is 21. The number of nitrogens with one attached hydrogen (secondary N) is 11. The second-order valence-corrected chi connectivity index (χ2v) is 25.8. The standard InChI is InChI=1S/C62H90N12O26/c1-25(28-9-3-2-4-10-28)39-55(92)68-30(17-27-11-14-29(15-12-27)96-59-51(89)48(86)52(100-60-50(88)47(85)45(83)35(23-77)98-60)36(99-59)24-95-38(79)16-13-26-7-5-6-8-26)54(91)72-40(42(80)31-18-66-61(63)70-31)57(94)73-41(56(93)69-32(21-75)53(90)65-20-37(78)71-39)43(81)33-19-67-62(64)74(33)58-49(87)46(84)44(82)34(22-76)97-58/h2-4,9-12,14-15,25-26,30-36,39-52,58-60,75-77,80-89H,5-8,13,16-24H2,1H3,(H2,64,67)(H,65,90)(H,68,92)(H,69,93)(H,71,78)(H,72,91)(H,73,94)(H3,63,66,70). The van der Waals surface area contributed by atoms with Crippen molar-refractivity contribution in [2.75, 3.05) is 46.1 Å². The van der Waals surface area contributed by atoms with Crippen molar-refractivity contribution in [3.05, 3.63) is 65.7 Å². The average molecular weight is 1420 g/mol. The first-order valence-electron chi connectivity index (χ1n) is 32.9. The molecule has 6 aliphatic heterocycles. The Morgan fingerprint density at radius 3 is 1.85 bits per heavy atom. The minimum Gasteiger partial charge on any atom is -0.463 e. The molecule has 25 atom stereocenters. The summed E-state index contributed by atoms with van der Waals surface area (Å²) in [6, 6.07) is 0.711. The van der Waals surface area contributed by atoms with Crippen molar-refractivity contribution >= 4 is 53.3 Å². The van der Waals surface area contributed by atoms with Crippen molar-refractivity contribution in [3.8, 4) is 5.75 Å².